The quantitative estimate of drug-likeness (QED) is 0.500. The number of carbonyl (C=O) groups excluding carboxylic acids is 1. The summed E-state index contributed by atoms with van der Waals surface area (Å²) in [4.78, 5) is 12.4. The summed E-state index contributed by atoms with van der Waals surface area (Å²) >= 11 is 0. The van der Waals surface area contributed by atoms with E-state index < -0.39 is 5.97 Å². The second-order valence-electron chi connectivity index (χ2n) is 7.07. The maximum absolute atomic E-state index is 12.4. The molecule has 0 saturated carbocycles. The second-order valence-corrected chi connectivity index (χ2v) is 7.07. The van der Waals surface area contributed by atoms with Gasteiger partial charge >= 0.3 is 5.97 Å². The van der Waals surface area contributed by atoms with Crippen LogP contribution in [0.4, 0.5) is 0 Å². The molecule has 1 heterocycles. The molecule has 0 radical (unpaired) electrons. The van der Waals surface area contributed by atoms with Crippen molar-refractivity contribution in [1.29, 1.82) is 0 Å². The summed E-state index contributed by atoms with van der Waals surface area (Å²) in [6.45, 7) is 4.82. The van der Waals surface area contributed by atoms with Gasteiger partial charge in [-0.25, -0.2) is 4.79 Å². The number of esters is 1. The first kappa shape index (κ1) is 18.1. The van der Waals surface area contributed by atoms with Crippen LogP contribution in [-0.4, -0.2) is 22.8 Å². The van der Waals surface area contributed by atoms with Crippen LogP contribution >= 0.6 is 0 Å². The number of phenols is 1. The summed E-state index contributed by atoms with van der Waals surface area (Å²) < 4.78 is 7.17. The van der Waals surface area contributed by atoms with E-state index in [-0.39, 0.29) is 5.75 Å². The minimum absolute atomic E-state index is 0.194. The third kappa shape index (κ3) is 2.82. The smallest absolute Gasteiger partial charge is 0.338 e. The number of carbonyl (C=O) groups is 1. The molecule has 0 fully saturated rings. The van der Waals surface area contributed by atoms with E-state index in [1.807, 2.05) is 24.3 Å². The molecule has 0 aliphatic heterocycles. The maximum Gasteiger partial charge on any atom is 0.338 e. The molecule has 0 unspecified atom stereocenters. The fourth-order valence-electron chi connectivity index (χ4n) is 3.91. The number of methoxy groups -OCH3 is 1. The minimum Gasteiger partial charge on any atom is -0.507 e. The number of phenolic OH excluding ortho intramolecular Hbond substituents is 1. The highest BCUT2D eigenvalue weighted by Gasteiger charge is 2.21. The first-order valence-corrected chi connectivity index (χ1v) is 9.44. The first-order chi connectivity index (χ1) is 13.5. The Bertz CT molecular complexity index is 1200. The number of benzene rings is 3. The normalized spacial score (nSPS) is 11.2. The minimum atomic E-state index is -0.403. The molecule has 4 nitrogen and oxygen atoms in total. The van der Waals surface area contributed by atoms with Gasteiger partial charge in [-0.3, -0.25) is 0 Å². The molecule has 1 N–H and O–H groups in total. The summed E-state index contributed by atoms with van der Waals surface area (Å²) in [5.74, 6) is -0.209. The summed E-state index contributed by atoms with van der Waals surface area (Å²) in [5, 5.41) is 12.3. The van der Waals surface area contributed by atoms with Crippen molar-refractivity contribution in [2.45, 2.75) is 26.8 Å². The van der Waals surface area contributed by atoms with Crippen LogP contribution in [0.3, 0.4) is 0 Å². The van der Waals surface area contributed by atoms with Gasteiger partial charge in [0.25, 0.3) is 0 Å². The van der Waals surface area contributed by atoms with Crippen molar-refractivity contribution < 1.29 is 14.6 Å². The molecule has 0 spiro atoms. The number of hydrogen-bond acceptors (Lipinski definition) is 3. The fraction of sp³-hybridized carbons (Fsp3) is 0.208. The number of aromatic nitrogens is 1. The number of rotatable bonds is 4. The molecule has 1 aromatic heterocycles. The van der Waals surface area contributed by atoms with E-state index in [0.717, 1.165) is 28.4 Å². The first-order valence-electron chi connectivity index (χ1n) is 9.44. The van der Waals surface area contributed by atoms with Crippen molar-refractivity contribution >= 4 is 27.8 Å². The van der Waals surface area contributed by atoms with Crippen LogP contribution in [0.15, 0.2) is 54.6 Å². The average Bonchev–Trinajstić information content (AvgIpc) is 3.03. The van der Waals surface area contributed by atoms with Crippen molar-refractivity contribution in [3.63, 3.8) is 0 Å². The standard InChI is InChI=1S/C24H23NO3/c1-4-16-12-20-23(21(26)13-16)22-18(24(27)28-3)10-7-11-19(22)25(20)14-17-9-6-5-8-15(17)2/h5-13,26H,4,14H2,1-3H3. The van der Waals surface area contributed by atoms with Crippen LogP contribution in [0.1, 0.15) is 34.0 Å². The monoisotopic (exact) mass is 373 g/mol. The molecular formula is C24H23NO3. The zero-order chi connectivity index (χ0) is 19.8. The largest absolute Gasteiger partial charge is 0.507 e. The van der Waals surface area contributed by atoms with Crippen molar-refractivity contribution in [2.75, 3.05) is 7.11 Å². The molecule has 4 aromatic rings. The molecule has 0 aliphatic rings. The maximum atomic E-state index is 12.4. The van der Waals surface area contributed by atoms with E-state index in [1.165, 1.54) is 18.2 Å². The fourth-order valence-corrected chi connectivity index (χ4v) is 3.91. The lowest BCUT2D eigenvalue weighted by Gasteiger charge is -2.11. The Kier molecular flexibility index (Phi) is 4.55. The molecule has 0 amide bonds. The van der Waals surface area contributed by atoms with Gasteiger partial charge in [-0.05, 0) is 54.3 Å². The van der Waals surface area contributed by atoms with E-state index in [0.29, 0.717) is 17.5 Å². The van der Waals surface area contributed by atoms with Gasteiger partial charge in [-0.15, -0.1) is 0 Å². The van der Waals surface area contributed by atoms with Crippen molar-refractivity contribution in [2.24, 2.45) is 0 Å². The number of ether oxygens (including phenoxy) is 1. The van der Waals surface area contributed by atoms with E-state index in [2.05, 4.69) is 36.6 Å². The summed E-state index contributed by atoms with van der Waals surface area (Å²) in [6.07, 6.45) is 0.819. The Morgan fingerprint density at radius 1 is 1.04 bits per heavy atom. The predicted octanol–water partition coefficient (Wildman–Crippen LogP) is 5.21. The Hall–Kier alpha value is -3.27. The molecule has 142 valence electrons. The van der Waals surface area contributed by atoms with E-state index in [9.17, 15) is 9.90 Å². The van der Waals surface area contributed by atoms with Crippen LogP contribution in [0.2, 0.25) is 0 Å². The molecular weight excluding hydrogens is 350 g/mol. The van der Waals surface area contributed by atoms with Crippen LogP contribution < -0.4 is 0 Å². The number of nitrogens with zero attached hydrogens (tertiary/aromatic N) is 1. The van der Waals surface area contributed by atoms with Gasteiger partial charge in [0.2, 0.25) is 0 Å². The number of hydrogen-bond donors (Lipinski definition) is 1. The highest BCUT2D eigenvalue weighted by molar-refractivity contribution is 6.19. The lowest BCUT2D eigenvalue weighted by Crippen LogP contribution is -2.03. The number of fused-ring (bicyclic) bond motifs is 3. The lowest BCUT2D eigenvalue weighted by atomic mass is 10.0. The Balaban J connectivity index is 2.11. The molecule has 4 rings (SSSR count). The molecule has 0 atom stereocenters. The molecule has 0 saturated heterocycles. The van der Waals surface area contributed by atoms with E-state index in [4.69, 9.17) is 4.74 Å². The molecule has 0 aliphatic carbocycles. The topological polar surface area (TPSA) is 51.5 Å². The molecule has 28 heavy (non-hydrogen) atoms. The van der Waals surface area contributed by atoms with E-state index >= 15 is 0 Å². The zero-order valence-corrected chi connectivity index (χ0v) is 16.3. The van der Waals surface area contributed by atoms with Gasteiger partial charge in [-0.1, -0.05) is 37.3 Å². The van der Waals surface area contributed by atoms with Crippen molar-refractivity contribution in [3.05, 3.63) is 76.9 Å². The van der Waals surface area contributed by atoms with Gasteiger partial charge in [0.05, 0.1) is 29.1 Å². The average molecular weight is 373 g/mol. The summed E-state index contributed by atoms with van der Waals surface area (Å²) in [6, 6.07) is 17.8. The summed E-state index contributed by atoms with van der Waals surface area (Å²) in [5.41, 5.74) is 5.76. The van der Waals surface area contributed by atoms with Crippen LogP contribution in [0.25, 0.3) is 21.8 Å². The number of aryl methyl sites for hydroxylation is 2. The highest BCUT2D eigenvalue weighted by Crippen LogP contribution is 2.39. The molecule has 3 aromatic carbocycles. The molecule has 0 bridgehead atoms. The van der Waals surface area contributed by atoms with Crippen molar-refractivity contribution in [1.82, 2.24) is 4.57 Å². The van der Waals surface area contributed by atoms with Gasteiger partial charge in [0.15, 0.2) is 0 Å². The Morgan fingerprint density at radius 2 is 1.82 bits per heavy atom. The molecule has 4 heteroatoms. The Labute approximate surface area is 164 Å². The van der Waals surface area contributed by atoms with Gasteiger partial charge < -0.3 is 14.4 Å². The van der Waals surface area contributed by atoms with Crippen LogP contribution in [-0.2, 0) is 17.7 Å². The van der Waals surface area contributed by atoms with Gasteiger partial charge in [-0.2, -0.15) is 0 Å². The van der Waals surface area contributed by atoms with Crippen molar-refractivity contribution in [3.8, 4) is 5.75 Å². The van der Waals surface area contributed by atoms with Crippen LogP contribution in [0, 0.1) is 6.92 Å². The second kappa shape index (κ2) is 7.04. The third-order valence-electron chi connectivity index (χ3n) is 5.43. The SMILES string of the molecule is CCc1cc(O)c2c3c(C(=O)OC)cccc3n(Cc3ccccc3C)c2c1. The van der Waals surface area contributed by atoms with Crippen LogP contribution in [0.5, 0.6) is 5.75 Å². The third-order valence-corrected chi connectivity index (χ3v) is 5.43. The zero-order valence-electron chi connectivity index (χ0n) is 16.3. The number of aromatic hydroxyl groups is 1. The van der Waals surface area contributed by atoms with Gasteiger partial charge in [0.1, 0.15) is 5.75 Å². The highest BCUT2D eigenvalue weighted by atomic mass is 16.5. The Morgan fingerprint density at radius 3 is 2.54 bits per heavy atom. The van der Waals surface area contributed by atoms with Gasteiger partial charge in [0, 0.05) is 11.9 Å². The predicted molar refractivity (Wildman–Crippen MR) is 112 cm³/mol. The summed E-state index contributed by atoms with van der Waals surface area (Å²) in [7, 11) is 1.38. The van der Waals surface area contributed by atoms with E-state index in [1.54, 1.807) is 12.1 Å². The lowest BCUT2D eigenvalue weighted by molar-refractivity contribution is 0.0603.